The number of aliphatic hydroxyl groups excluding tert-OH is 7. The third kappa shape index (κ3) is 24.9. The van der Waals surface area contributed by atoms with Crippen LogP contribution in [0.15, 0.2) is 24.3 Å². The lowest BCUT2D eigenvalue weighted by Crippen LogP contribution is -2.60. The molecule has 1 fully saturated rings. The van der Waals surface area contributed by atoms with Crippen LogP contribution in [0.3, 0.4) is 0 Å². The van der Waals surface area contributed by atoms with E-state index < -0.39 is 74.2 Å². The maximum absolute atomic E-state index is 13.0. The Morgan fingerprint density at radius 2 is 1.09 bits per heavy atom. The van der Waals surface area contributed by atoms with Gasteiger partial charge in [-0.1, -0.05) is 154 Å². The third-order valence-corrected chi connectivity index (χ3v) is 10.7. The quantitative estimate of drug-likeness (QED) is 0.0252. The number of carbonyl (C=O) groups is 1. The molecule has 0 aromatic heterocycles. The predicted molar refractivity (Wildman–Crippen MR) is 219 cm³/mol. The second-order valence-electron chi connectivity index (χ2n) is 15.8. The fourth-order valence-corrected chi connectivity index (χ4v) is 6.98. The number of nitrogens with one attached hydrogen (secondary N) is 1. The summed E-state index contributed by atoms with van der Waals surface area (Å²) >= 11 is 0. The zero-order chi connectivity index (χ0) is 40.5. The first-order valence-electron chi connectivity index (χ1n) is 22.2. The smallest absolute Gasteiger partial charge is 0.249 e. The molecule has 11 nitrogen and oxygen atoms in total. The zero-order valence-corrected chi connectivity index (χ0v) is 34.7. The Labute approximate surface area is 334 Å². The summed E-state index contributed by atoms with van der Waals surface area (Å²) in [6, 6.07) is -1.19. The largest absolute Gasteiger partial charge is 0.394 e. The Hall–Kier alpha value is -1.41. The van der Waals surface area contributed by atoms with Gasteiger partial charge in [-0.2, -0.15) is 0 Å². The van der Waals surface area contributed by atoms with Crippen LogP contribution in [0.5, 0.6) is 0 Å². The Kier molecular flexibility index (Phi) is 32.5. The van der Waals surface area contributed by atoms with Crippen LogP contribution in [0.2, 0.25) is 0 Å². The van der Waals surface area contributed by atoms with Gasteiger partial charge in [-0.3, -0.25) is 4.79 Å². The molecule has 0 spiro atoms. The van der Waals surface area contributed by atoms with Crippen LogP contribution in [0.25, 0.3) is 0 Å². The average molecular weight is 786 g/mol. The lowest BCUT2D eigenvalue weighted by molar-refractivity contribution is -0.303. The number of ether oxygens (including phenoxy) is 2. The molecule has 0 aromatic rings. The number of amides is 1. The first kappa shape index (κ1) is 51.6. The molecule has 1 heterocycles. The van der Waals surface area contributed by atoms with E-state index in [0.29, 0.717) is 19.3 Å². The molecule has 0 bridgehead atoms. The number of allylic oxidation sites excluding steroid dienone is 4. The number of unbranched alkanes of at least 4 members (excludes halogenated alkanes) is 20. The van der Waals surface area contributed by atoms with Gasteiger partial charge in [0.05, 0.1) is 25.4 Å². The summed E-state index contributed by atoms with van der Waals surface area (Å²) in [5, 5.41) is 75.4. The highest BCUT2D eigenvalue weighted by molar-refractivity contribution is 5.80. The summed E-state index contributed by atoms with van der Waals surface area (Å²) in [7, 11) is 0. The molecule has 8 N–H and O–H groups in total. The molecule has 1 saturated heterocycles. The van der Waals surface area contributed by atoms with Crippen molar-refractivity contribution in [3.05, 3.63) is 24.3 Å². The maximum Gasteiger partial charge on any atom is 0.249 e. The molecule has 0 aliphatic carbocycles. The minimum absolute atomic E-state index is 0.247. The van der Waals surface area contributed by atoms with Crippen LogP contribution < -0.4 is 5.32 Å². The van der Waals surface area contributed by atoms with Crippen molar-refractivity contribution >= 4 is 5.91 Å². The van der Waals surface area contributed by atoms with Gasteiger partial charge < -0.3 is 50.5 Å². The molecular formula is C44H83NO10. The summed E-state index contributed by atoms with van der Waals surface area (Å²) in [6.45, 7) is 3.37. The van der Waals surface area contributed by atoms with Crippen LogP contribution in [0.4, 0.5) is 0 Å². The molecule has 11 heteroatoms. The van der Waals surface area contributed by atoms with E-state index in [1.165, 1.54) is 96.3 Å². The summed E-state index contributed by atoms with van der Waals surface area (Å²) in [5.74, 6) is -0.711. The Bertz CT molecular complexity index is 950. The lowest BCUT2D eigenvalue weighted by Gasteiger charge is -2.40. The summed E-state index contributed by atoms with van der Waals surface area (Å²) in [6.07, 6.45) is 25.2. The summed E-state index contributed by atoms with van der Waals surface area (Å²) in [4.78, 5) is 13.0. The molecule has 1 aliphatic heterocycles. The van der Waals surface area contributed by atoms with Gasteiger partial charge in [0.1, 0.15) is 36.6 Å². The molecule has 1 rings (SSSR count). The topological polar surface area (TPSA) is 189 Å². The van der Waals surface area contributed by atoms with Crippen LogP contribution in [-0.2, 0) is 14.3 Å². The van der Waals surface area contributed by atoms with E-state index in [1.807, 2.05) is 0 Å². The Morgan fingerprint density at radius 3 is 1.62 bits per heavy atom. The van der Waals surface area contributed by atoms with Gasteiger partial charge in [0, 0.05) is 0 Å². The summed E-state index contributed by atoms with van der Waals surface area (Å²) < 4.78 is 11.0. The molecule has 9 atom stereocenters. The van der Waals surface area contributed by atoms with Crippen LogP contribution in [-0.4, -0.2) is 110 Å². The highest BCUT2D eigenvalue weighted by Gasteiger charge is 2.44. The second kappa shape index (κ2) is 34.6. The van der Waals surface area contributed by atoms with Crippen molar-refractivity contribution in [2.45, 2.75) is 236 Å². The van der Waals surface area contributed by atoms with E-state index in [4.69, 9.17) is 9.47 Å². The highest BCUT2D eigenvalue weighted by atomic mass is 16.7. The van der Waals surface area contributed by atoms with Crippen molar-refractivity contribution < 1.29 is 50.0 Å². The zero-order valence-electron chi connectivity index (χ0n) is 34.7. The van der Waals surface area contributed by atoms with E-state index in [1.54, 1.807) is 0 Å². The number of carbonyl (C=O) groups excluding carboxylic acids is 1. The highest BCUT2D eigenvalue weighted by Crippen LogP contribution is 2.23. The first-order chi connectivity index (χ1) is 26.7. The second-order valence-corrected chi connectivity index (χ2v) is 15.8. The predicted octanol–water partition coefficient (Wildman–Crippen LogP) is 6.67. The van der Waals surface area contributed by atoms with E-state index >= 15 is 0 Å². The molecular weight excluding hydrogens is 702 g/mol. The minimum Gasteiger partial charge on any atom is -0.394 e. The average Bonchev–Trinajstić information content (AvgIpc) is 3.18. The van der Waals surface area contributed by atoms with E-state index in [9.17, 15) is 40.5 Å². The SMILES string of the molecule is CCCCC/C=C/CC/C=C/CCCC(O)C(O)C(COC1OC(CO)C(O)C(O)C1O)NC(=O)C(O)CCCCCCCCCCCCCCCCCC. The number of aliphatic hydroxyl groups is 7. The number of rotatable bonds is 36. The molecule has 0 radical (unpaired) electrons. The van der Waals surface area contributed by atoms with Crippen molar-refractivity contribution in [1.29, 1.82) is 0 Å². The van der Waals surface area contributed by atoms with Crippen molar-refractivity contribution in [2.24, 2.45) is 0 Å². The van der Waals surface area contributed by atoms with Crippen molar-refractivity contribution in [1.82, 2.24) is 5.32 Å². The fraction of sp³-hybridized carbons (Fsp3) is 0.886. The van der Waals surface area contributed by atoms with Gasteiger partial charge in [-0.25, -0.2) is 0 Å². The Balaban J connectivity index is 2.50. The van der Waals surface area contributed by atoms with Gasteiger partial charge in [0.15, 0.2) is 6.29 Å². The van der Waals surface area contributed by atoms with Crippen LogP contribution in [0, 0.1) is 0 Å². The van der Waals surface area contributed by atoms with E-state index in [-0.39, 0.29) is 12.8 Å². The standard InChI is InChI=1S/C44H83NO10/c1-3-5-7-9-11-13-15-17-18-19-20-22-24-26-28-30-32-37(48)43(53)45-35(34-54-44-42(52)41(51)40(50)38(33-46)55-44)39(49)36(47)31-29-27-25-23-21-16-14-12-10-8-6-4-2/h12,14,23,25,35-42,44,46-52H,3-11,13,15-22,24,26-34H2,1-2H3,(H,45,53)/b14-12+,25-23+. The van der Waals surface area contributed by atoms with Gasteiger partial charge in [-0.05, 0) is 51.4 Å². The molecule has 9 unspecified atom stereocenters. The van der Waals surface area contributed by atoms with Crippen LogP contribution in [0.1, 0.15) is 181 Å². The van der Waals surface area contributed by atoms with Gasteiger partial charge in [0.2, 0.25) is 5.91 Å². The molecule has 55 heavy (non-hydrogen) atoms. The molecule has 1 aliphatic rings. The van der Waals surface area contributed by atoms with E-state index in [2.05, 4.69) is 43.5 Å². The first-order valence-corrected chi connectivity index (χ1v) is 22.2. The molecule has 1 amide bonds. The number of hydrogen-bond donors (Lipinski definition) is 8. The molecule has 0 saturated carbocycles. The van der Waals surface area contributed by atoms with Gasteiger partial charge >= 0.3 is 0 Å². The number of hydrogen-bond acceptors (Lipinski definition) is 10. The fourth-order valence-electron chi connectivity index (χ4n) is 6.98. The molecule has 0 aromatic carbocycles. The van der Waals surface area contributed by atoms with Gasteiger partial charge in [-0.15, -0.1) is 0 Å². The molecule has 324 valence electrons. The normalized spacial score (nSPS) is 22.7. The summed E-state index contributed by atoms with van der Waals surface area (Å²) in [5.41, 5.74) is 0. The van der Waals surface area contributed by atoms with Crippen molar-refractivity contribution in [3.8, 4) is 0 Å². The van der Waals surface area contributed by atoms with E-state index in [0.717, 1.165) is 38.5 Å². The maximum atomic E-state index is 13.0. The van der Waals surface area contributed by atoms with Gasteiger partial charge in [0.25, 0.3) is 0 Å². The third-order valence-electron chi connectivity index (χ3n) is 10.7. The Morgan fingerprint density at radius 1 is 0.618 bits per heavy atom. The van der Waals surface area contributed by atoms with Crippen molar-refractivity contribution in [2.75, 3.05) is 13.2 Å². The minimum atomic E-state index is -1.67. The van der Waals surface area contributed by atoms with Crippen molar-refractivity contribution in [3.63, 3.8) is 0 Å². The lowest BCUT2D eigenvalue weighted by atomic mass is 9.98. The monoisotopic (exact) mass is 786 g/mol. The van der Waals surface area contributed by atoms with Crippen LogP contribution >= 0.6 is 0 Å².